The largest absolute Gasteiger partial charge is 0.371 e. The van der Waals surface area contributed by atoms with Crippen molar-refractivity contribution in [3.63, 3.8) is 0 Å². The van der Waals surface area contributed by atoms with Crippen LogP contribution >= 0.6 is 11.6 Å². The summed E-state index contributed by atoms with van der Waals surface area (Å²) in [6.45, 7) is 1.49. The number of rotatable bonds is 3. The predicted molar refractivity (Wildman–Crippen MR) is 105 cm³/mol. The van der Waals surface area contributed by atoms with Crippen molar-refractivity contribution in [1.29, 1.82) is 0 Å². The molecule has 1 atom stereocenters. The molecule has 0 aliphatic carbocycles. The molecular formula is C19H18ClN5O2. The maximum atomic E-state index is 12.4. The molecule has 7 nitrogen and oxygen atoms in total. The van der Waals surface area contributed by atoms with Gasteiger partial charge in [0, 0.05) is 37.9 Å². The summed E-state index contributed by atoms with van der Waals surface area (Å²) in [5, 5.41) is 3.54. The lowest BCUT2D eigenvalue weighted by Crippen LogP contribution is -2.23. The predicted octanol–water partition coefficient (Wildman–Crippen LogP) is 2.33. The summed E-state index contributed by atoms with van der Waals surface area (Å²) in [7, 11) is 1.58. The first-order chi connectivity index (χ1) is 13.1. The number of hydrogen-bond acceptors (Lipinski definition) is 5. The Kier molecular flexibility index (Phi) is 4.53. The molecule has 3 heterocycles. The number of pyridine rings is 1. The van der Waals surface area contributed by atoms with E-state index >= 15 is 0 Å². The third kappa shape index (κ3) is 3.26. The van der Waals surface area contributed by atoms with Crippen LogP contribution in [0.1, 0.15) is 28.7 Å². The molecule has 3 aromatic rings. The van der Waals surface area contributed by atoms with Gasteiger partial charge in [-0.2, -0.15) is 0 Å². The fourth-order valence-corrected chi connectivity index (χ4v) is 3.64. The Bertz CT molecular complexity index is 1080. The molecule has 1 aromatic carbocycles. The normalized spacial score (nSPS) is 16.7. The van der Waals surface area contributed by atoms with Crippen LogP contribution in [0.4, 0.5) is 5.69 Å². The van der Waals surface area contributed by atoms with E-state index in [0.29, 0.717) is 34.0 Å². The topological polar surface area (TPSA) is 91.0 Å². The number of nitrogens with zero attached hydrogens (tertiary/aromatic N) is 3. The first-order valence-electron chi connectivity index (χ1n) is 8.68. The fourth-order valence-electron chi connectivity index (χ4n) is 3.42. The summed E-state index contributed by atoms with van der Waals surface area (Å²) in [5.74, 6) is 0.501. The third-order valence-electron chi connectivity index (χ3n) is 4.85. The lowest BCUT2D eigenvalue weighted by molar-refractivity contribution is 0.0958. The van der Waals surface area contributed by atoms with Gasteiger partial charge < -0.3 is 15.2 Å². The SMILES string of the molecule is CNC(=O)c1cc(N2CCC(c3nc4c(Cl)cccc4c(=O)[nH]3)C2)ccn1. The van der Waals surface area contributed by atoms with Gasteiger partial charge in [0.05, 0.1) is 15.9 Å². The number of amides is 1. The fraction of sp³-hybridized carbons (Fsp3) is 0.263. The molecule has 138 valence electrons. The number of carbonyl (C=O) groups is 1. The van der Waals surface area contributed by atoms with Crippen molar-refractivity contribution >= 4 is 34.1 Å². The van der Waals surface area contributed by atoms with Gasteiger partial charge in [0.25, 0.3) is 11.5 Å². The molecular weight excluding hydrogens is 366 g/mol. The van der Waals surface area contributed by atoms with E-state index < -0.39 is 0 Å². The number of aromatic nitrogens is 3. The van der Waals surface area contributed by atoms with Gasteiger partial charge in [-0.05, 0) is 30.7 Å². The van der Waals surface area contributed by atoms with Crippen LogP contribution in [0.2, 0.25) is 5.02 Å². The number of fused-ring (bicyclic) bond motifs is 1. The van der Waals surface area contributed by atoms with E-state index in [9.17, 15) is 9.59 Å². The van der Waals surface area contributed by atoms with Crippen molar-refractivity contribution < 1.29 is 4.79 Å². The second kappa shape index (κ2) is 7.00. The number of halogens is 1. The minimum atomic E-state index is -0.220. The molecule has 0 bridgehead atoms. The molecule has 0 radical (unpaired) electrons. The Balaban J connectivity index is 1.62. The van der Waals surface area contributed by atoms with Gasteiger partial charge in [-0.25, -0.2) is 4.98 Å². The van der Waals surface area contributed by atoms with Crippen molar-refractivity contribution in [1.82, 2.24) is 20.3 Å². The van der Waals surface area contributed by atoms with Crippen molar-refractivity contribution in [3.8, 4) is 0 Å². The highest BCUT2D eigenvalue weighted by Crippen LogP contribution is 2.30. The van der Waals surface area contributed by atoms with Crippen LogP contribution < -0.4 is 15.8 Å². The van der Waals surface area contributed by atoms with Gasteiger partial charge >= 0.3 is 0 Å². The zero-order valence-electron chi connectivity index (χ0n) is 14.7. The molecule has 0 spiro atoms. The number of carbonyl (C=O) groups excluding carboxylic acids is 1. The monoisotopic (exact) mass is 383 g/mol. The zero-order valence-corrected chi connectivity index (χ0v) is 15.5. The number of nitrogens with one attached hydrogen (secondary N) is 2. The van der Waals surface area contributed by atoms with Crippen LogP contribution in [0.15, 0.2) is 41.3 Å². The van der Waals surface area contributed by atoms with Crippen LogP contribution in [0.5, 0.6) is 0 Å². The Morgan fingerprint density at radius 3 is 3.04 bits per heavy atom. The van der Waals surface area contributed by atoms with E-state index in [2.05, 4.69) is 25.2 Å². The summed E-state index contributed by atoms with van der Waals surface area (Å²) in [6, 6.07) is 8.84. The molecule has 27 heavy (non-hydrogen) atoms. The summed E-state index contributed by atoms with van der Waals surface area (Å²) >= 11 is 6.22. The highest BCUT2D eigenvalue weighted by molar-refractivity contribution is 6.34. The van der Waals surface area contributed by atoms with E-state index in [1.54, 1.807) is 37.5 Å². The second-order valence-electron chi connectivity index (χ2n) is 6.50. The summed E-state index contributed by atoms with van der Waals surface area (Å²) in [6.07, 6.45) is 2.47. The summed E-state index contributed by atoms with van der Waals surface area (Å²) < 4.78 is 0. The lowest BCUT2D eigenvalue weighted by Gasteiger charge is -2.19. The van der Waals surface area contributed by atoms with Gasteiger partial charge in [0.15, 0.2) is 0 Å². The summed E-state index contributed by atoms with van der Waals surface area (Å²) in [4.78, 5) is 38.0. The van der Waals surface area contributed by atoms with Crippen molar-refractivity contribution in [3.05, 3.63) is 63.4 Å². The van der Waals surface area contributed by atoms with Crippen molar-refractivity contribution in [2.45, 2.75) is 12.3 Å². The average molecular weight is 384 g/mol. The lowest BCUT2D eigenvalue weighted by atomic mass is 10.1. The second-order valence-corrected chi connectivity index (χ2v) is 6.90. The number of anilines is 1. The van der Waals surface area contributed by atoms with Crippen LogP contribution in [0.25, 0.3) is 10.9 Å². The third-order valence-corrected chi connectivity index (χ3v) is 5.15. The molecule has 1 saturated heterocycles. The smallest absolute Gasteiger partial charge is 0.269 e. The molecule has 2 aromatic heterocycles. The van der Waals surface area contributed by atoms with E-state index in [0.717, 1.165) is 18.7 Å². The van der Waals surface area contributed by atoms with Crippen LogP contribution in [-0.4, -0.2) is 41.0 Å². The quantitative estimate of drug-likeness (QED) is 0.724. The van der Waals surface area contributed by atoms with E-state index in [1.165, 1.54) is 0 Å². The van der Waals surface area contributed by atoms with Gasteiger partial charge in [0.2, 0.25) is 0 Å². The molecule has 1 aliphatic rings. The number of H-pyrrole nitrogens is 1. The zero-order chi connectivity index (χ0) is 19.0. The molecule has 1 amide bonds. The van der Waals surface area contributed by atoms with Crippen molar-refractivity contribution in [2.24, 2.45) is 0 Å². The van der Waals surface area contributed by atoms with Gasteiger partial charge in [0.1, 0.15) is 11.5 Å². The first-order valence-corrected chi connectivity index (χ1v) is 9.06. The minimum Gasteiger partial charge on any atom is -0.371 e. The Morgan fingerprint density at radius 2 is 2.22 bits per heavy atom. The molecule has 0 saturated carbocycles. The summed E-state index contributed by atoms with van der Waals surface area (Å²) in [5.41, 5.74) is 1.65. The molecule has 1 unspecified atom stereocenters. The highest BCUT2D eigenvalue weighted by atomic mass is 35.5. The average Bonchev–Trinajstić information content (AvgIpc) is 3.18. The standard InChI is InChI=1S/C19H18ClN5O2/c1-21-19(27)15-9-12(5-7-22-15)25-8-6-11(10-25)17-23-16-13(18(26)24-17)3-2-4-14(16)20/h2-5,7,9,11H,6,8,10H2,1H3,(H,21,27)(H,23,24,26). The highest BCUT2D eigenvalue weighted by Gasteiger charge is 2.27. The number of aromatic amines is 1. The van der Waals surface area contributed by atoms with Gasteiger partial charge in [-0.1, -0.05) is 17.7 Å². The van der Waals surface area contributed by atoms with Crippen LogP contribution in [-0.2, 0) is 0 Å². The maximum absolute atomic E-state index is 12.4. The van der Waals surface area contributed by atoms with E-state index in [4.69, 9.17) is 11.6 Å². The van der Waals surface area contributed by atoms with Crippen LogP contribution in [0, 0.1) is 0 Å². The molecule has 2 N–H and O–H groups in total. The molecule has 1 aliphatic heterocycles. The Morgan fingerprint density at radius 1 is 1.37 bits per heavy atom. The van der Waals surface area contributed by atoms with Gasteiger partial charge in [-0.3, -0.25) is 14.6 Å². The number of benzene rings is 1. The van der Waals surface area contributed by atoms with Crippen molar-refractivity contribution in [2.75, 3.05) is 25.0 Å². The van der Waals surface area contributed by atoms with E-state index in [1.807, 2.05) is 6.07 Å². The molecule has 1 fully saturated rings. The van der Waals surface area contributed by atoms with E-state index in [-0.39, 0.29) is 17.4 Å². The Hall–Kier alpha value is -2.93. The maximum Gasteiger partial charge on any atom is 0.269 e. The van der Waals surface area contributed by atoms with Gasteiger partial charge in [-0.15, -0.1) is 0 Å². The number of para-hydroxylation sites is 1. The molecule has 8 heteroatoms. The molecule has 4 rings (SSSR count). The van der Waals surface area contributed by atoms with Crippen LogP contribution in [0.3, 0.4) is 0 Å². The first kappa shape index (κ1) is 17.5. The number of hydrogen-bond donors (Lipinski definition) is 2. The minimum absolute atomic E-state index is 0.0787. The Labute approximate surface area is 160 Å².